The summed E-state index contributed by atoms with van der Waals surface area (Å²) in [5.74, 6) is 0.425. The smallest absolute Gasteiger partial charge is 0.338 e. The maximum Gasteiger partial charge on any atom is 0.338 e. The van der Waals surface area contributed by atoms with Crippen molar-refractivity contribution >= 4 is 16.9 Å². The standard InChI is InChI=1S/C18H23NO3/c1-3-21-8-9-22-18(20)13-5-7-17-15(11-13)14-10-12(2)4-6-16(14)19-17/h5,7,11-12,19H,3-4,6,8-10H2,1-2H3. The molecule has 0 amide bonds. The van der Waals surface area contributed by atoms with Gasteiger partial charge in [-0.15, -0.1) is 0 Å². The zero-order valence-corrected chi connectivity index (χ0v) is 13.3. The predicted octanol–water partition coefficient (Wildman–Crippen LogP) is 3.49. The summed E-state index contributed by atoms with van der Waals surface area (Å²) in [5, 5.41) is 1.17. The van der Waals surface area contributed by atoms with Crippen LogP contribution in [-0.4, -0.2) is 30.8 Å². The van der Waals surface area contributed by atoms with Gasteiger partial charge in [0.05, 0.1) is 12.2 Å². The van der Waals surface area contributed by atoms with E-state index in [4.69, 9.17) is 9.47 Å². The first-order valence-electron chi connectivity index (χ1n) is 8.07. The van der Waals surface area contributed by atoms with Crippen LogP contribution < -0.4 is 0 Å². The highest BCUT2D eigenvalue weighted by molar-refractivity contribution is 5.96. The van der Waals surface area contributed by atoms with Crippen LogP contribution in [0.1, 0.15) is 41.9 Å². The highest BCUT2D eigenvalue weighted by atomic mass is 16.6. The Hall–Kier alpha value is -1.81. The van der Waals surface area contributed by atoms with Gasteiger partial charge in [0.2, 0.25) is 0 Å². The number of carbonyl (C=O) groups is 1. The van der Waals surface area contributed by atoms with Gasteiger partial charge in [0.15, 0.2) is 0 Å². The maximum atomic E-state index is 12.1. The Morgan fingerprint density at radius 2 is 2.23 bits per heavy atom. The molecule has 1 unspecified atom stereocenters. The van der Waals surface area contributed by atoms with Gasteiger partial charge in [0, 0.05) is 23.2 Å². The van der Waals surface area contributed by atoms with Crippen LogP contribution in [0.2, 0.25) is 0 Å². The molecule has 118 valence electrons. The molecule has 0 radical (unpaired) electrons. The lowest BCUT2D eigenvalue weighted by molar-refractivity contribution is 0.0335. The van der Waals surface area contributed by atoms with Crippen molar-refractivity contribution in [3.63, 3.8) is 0 Å². The number of aryl methyl sites for hydroxylation is 1. The summed E-state index contributed by atoms with van der Waals surface area (Å²) in [6, 6.07) is 5.78. The van der Waals surface area contributed by atoms with Crippen LogP contribution in [0.4, 0.5) is 0 Å². The molecule has 1 aliphatic carbocycles. The largest absolute Gasteiger partial charge is 0.460 e. The molecule has 0 bridgehead atoms. The van der Waals surface area contributed by atoms with E-state index in [-0.39, 0.29) is 5.97 Å². The van der Waals surface area contributed by atoms with Crippen molar-refractivity contribution in [2.45, 2.75) is 33.1 Å². The third-order valence-electron chi connectivity index (χ3n) is 4.33. The van der Waals surface area contributed by atoms with Gasteiger partial charge < -0.3 is 14.5 Å². The van der Waals surface area contributed by atoms with Crippen LogP contribution in [0.25, 0.3) is 10.9 Å². The van der Waals surface area contributed by atoms with Crippen LogP contribution in [0.3, 0.4) is 0 Å². The molecular formula is C18H23NO3. The molecule has 1 heterocycles. The van der Waals surface area contributed by atoms with Gasteiger partial charge in [-0.1, -0.05) is 6.92 Å². The van der Waals surface area contributed by atoms with Gasteiger partial charge in [0.1, 0.15) is 6.61 Å². The number of aromatic nitrogens is 1. The van der Waals surface area contributed by atoms with E-state index >= 15 is 0 Å². The van der Waals surface area contributed by atoms with Crippen molar-refractivity contribution in [3.05, 3.63) is 35.0 Å². The average molecular weight is 301 g/mol. The van der Waals surface area contributed by atoms with E-state index in [9.17, 15) is 4.79 Å². The number of nitrogens with one attached hydrogen (secondary N) is 1. The Labute approximate surface area is 130 Å². The summed E-state index contributed by atoms with van der Waals surface area (Å²) in [7, 11) is 0. The second-order valence-electron chi connectivity index (χ2n) is 6.02. The molecule has 1 atom stereocenters. The molecule has 1 aliphatic rings. The second kappa shape index (κ2) is 6.53. The summed E-state index contributed by atoms with van der Waals surface area (Å²) in [5.41, 5.74) is 4.43. The van der Waals surface area contributed by atoms with Crippen molar-refractivity contribution in [2.75, 3.05) is 19.8 Å². The molecule has 4 nitrogen and oxygen atoms in total. The minimum Gasteiger partial charge on any atom is -0.460 e. The fourth-order valence-corrected chi connectivity index (χ4v) is 3.14. The van der Waals surface area contributed by atoms with Gasteiger partial charge >= 0.3 is 5.97 Å². The highest BCUT2D eigenvalue weighted by Gasteiger charge is 2.20. The van der Waals surface area contributed by atoms with Gasteiger partial charge in [-0.25, -0.2) is 4.79 Å². The molecule has 1 aromatic heterocycles. The minimum absolute atomic E-state index is 0.277. The van der Waals surface area contributed by atoms with E-state index in [0.717, 1.165) is 18.4 Å². The Balaban J connectivity index is 1.80. The lowest BCUT2D eigenvalue weighted by Crippen LogP contribution is -2.11. The topological polar surface area (TPSA) is 51.3 Å². The van der Waals surface area contributed by atoms with Gasteiger partial charge in [-0.2, -0.15) is 0 Å². The lowest BCUT2D eigenvalue weighted by atomic mass is 9.87. The number of ether oxygens (including phenoxy) is 2. The van der Waals surface area contributed by atoms with Gasteiger partial charge in [0.25, 0.3) is 0 Å². The van der Waals surface area contributed by atoms with E-state index in [1.807, 2.05) is 25.1 Å². The van der Waals surface area contributed by atoms with Gasteiger partial charge in [-0.3, -0.25) is 0 Å². The first kappa shape index (κ1) is 15.1. The molecule has 1 N–H and O–H groups in total. The van der Waals surface area contributed by atoms with Crippen LogP contribution >= 0.6 is 0 Å². The third-order valence-corrected chi connectivity index (χ3v) is 4.33. The Morgan fingerprint density at radius 1 is 1.36 bits per heavy atom. The first-order chi connectivity index (χ1) is 10.7. The molecule has 1 aromatic carbocycles. The molecule has 0 fully saturated rings. The van der Waals surface area contributed by atoms with E-state index in [2.05, 4.69) is 11.9 Å². The Bertz CT molecular complexity index is 674. The summed E-state index contributed by atoms with van der Waals surface area (Å²) in [4.78, 5) is 15.6. The van der Waals surface area contributed by atoms with Crippen LogP contribution in [0.15, 0.2) is 18.2 Å². The average Bonchev–Trinajstić information content (AvgIpc) is 2.88. The molecule has 22 heavy (non-hydrogen) atoms. The molecule has 0 saturated carbocycles. The SMILES string of the molecule is CCOCCOC(=O)c1ccc2[nH]c3c(c2c1)CC(C)CC3. The Morgan fingerprint density at radius 3 is 3.05 bits per heavy atom. The molecular weight excluding hydrogens is 278 g/mol. The monoisotopic (exact) mass is 301 g/mol. The summed E-state index contributed by atoms with van der Waals surface area (Å²) >= 11 is 0. The summed E-state index contributed by atoms with van der Waals surface area (Å²) in [6.45, 7) is 5.59. The van der Waals surface area contributed by atoms with Crippen molar-refractivity contribution in [1.29, 1.82) is 0 Å². The molecule has 0 saturated heterocycles. The van der Waals surface area contributed by atoms with Gasteiger partial charge in [-0.05, 0) is 55.9 Å². The molecule has 4 heteroatoms. The predicted molar refractivity (Wildman–Crippen MR) is 86.3 cm³/mol. The Kier molecular flexibility index (Phi) is 4.48. The number of hydrogen-bond donors (Lipinski definition) is 1. The number of benzene rings is 1. The fourth-order valence-electron chi connectivity index (χ4n) is 3.14. The number of carbonyl (C=O) groups excluding carboxylic acids is 1. The van der Waals surface area contributed by atoms with Crippen LogP contribution in [0, 0.1) is 5.92 Å². The number of esters is 1. The first-order valence-corrected chi connectivity index (χ1v) is 8.07. The lowest BCUT2D eigenvalue weighted by Gasteiger charge is -2.18. The molecule has 2 aromatic rings. The fraction of sp³-hybridized carbons (Fsp3) is 0.500. The normalized spacial score (nSPS) is 17.5. The number of hydrogen-bond acceptors (Lipinski definition) is 3. The summed E-state index contributed by atoms with van der Waals surface area (Å²) < 4.78 is 10.4. The number of rotatable bonds is 5. The van der Waals surface area contributed by atoms with Crippen molar-refractivity contribution in [1.82, 2.24) is 4.98 Å². The summed E-state index contributed by atoms with van der Waals surface area (Å²) in [6.07, 6.45) is 3.41. The van der Waals surface area contributed by atoms with E-state index < -0.39 is 0 Å². The molecule has 0 spiro atoms. The number of H-pyrrole nitrogens is 1. The van der Waals surface area contributed by atoms with Crippen LogP contribution in [-0.2, 0) is 22.3 Å². The molecule has 3 rings (SSSR count). The zero-order valence-electron chi connectivity index (χ0n) is 13.3. The van der Waals surface area contributed by atoms with E-state index in [0.29, 0.717) is 31.3 Å². The second-order valence-corrected chi connectivity index (χ2v) is 6.02. The van der Waals surface area contributed by atoms with E-state index in [1.54, 1.807) is 0 Å². The van der Waals surface area contributed by atoms with Crippen molar-refractivity contribution < 1.29 is 14.3 Å². The third kappa shape index (κ3) is 3.02. The highest BCUT2D eigenvalue weighted by Crippen LogP contribution is 2.32. The quantitative estimate of drug-likeness (QED) is 0.679. The van der Waals surface area contributed by atoms with Crippen LogP contribution in [0.5, 0.6) is 0 Å². The van der Waals surface area contributed by atoms with Crippen molar-refractivity contribution in [3.8, 4) is 0 Å². The minimum atomic E-state index is -0.277. The zero-order chi connectivity index (χ0) is 15.5. The van der Waals surface area contributed by atoms with Crippen molar-refractivity contribution in [2.24, 2.45) is 5.92 Å². The maximum absolute atomic E-state index is 12.1. The van der Waals surface area contributed by atoms with E-state index in [1.165, 1.54) is 23.1 Å². The number of fused-ring (bicyclic) bond motifs is 3. The molecule has 0 aliphatic heterocycles. The number of aromatic amines is 1.